The van der Waals surface area contributed by atoms with E-state index in [9.17, 15) is 10.1 Å². The summed E-state index contributed by atoms with van der Waals surface area (Å²) in [7, 11) is 1.63. The third-order valence-electron chi connectivity index (χ3n) is 4.16. The predicted molar refractivity (Wildman–Crippen MR) is 98.6 cm³/mol. The Morgan fingerprint density at radius 3 is 2.72 bits per heavy atom. The summed E-state index contributed by atoms with van der Waals surface area (Å²) in [5.74, 6) is 0.626. The molecule has 2 aromatic carbocycles. The minimum absolute atomic E-state index is 0.126. The second-order valence-electron chi connectivity index (χ2n) is 5.72. The van der Waals surface area contributed by atoms with Crippen LogP contribution < -0.4 is 10.1 Å². The van der Waals surface area contributed by atoms with Gasteiger partial charge in [-0.05, 0) is 31.2 Å². The van der Waals surface area contributed by atoms with Gasteiger partial charge in [0.15, 0.2) is 0 Å². The number of aryl methyl sites for hydroxylation is 1. The van der Waals surface area contributed by atoms with Gasteiger partial charge in [-0.3, -0.25) is 4.79 Å². The quantitative estimate of drug-likeness (QED) is 0.779. The standard InChI is InChI=1S/C20H19N3O2/c1-4-23-19-11-16(25-3)8-9-17(19)18(12-21)20(23)14-6-5-7-15(10-14)22-13(2)24/h5-11H,4H2,1-3H3,(H,22,24). The molecular formula is C20H19N3O2. The van der Waals surface area contributed by atoms with Crippen molar-refractivity contribution in [3.05, 3.63) is 48.0 Å². The van der Waals surface area contributed by atoms with Crippen molar-refractivity contribution >= 4 is 22.5 Å². The number of rotatable bonds is 4. The minimum atomic E-state index is -0.126. The summed E-state index contributed by atoms with van der Waals surface area (Å²) in [6.07, 6.45) is 0. The number of fused-ring (bicyclic) bond motifs is 1. The maximum atomic E-state index is 11.3. The van der Waals surface area contributed by atoms with Gasteiger partial charge in [0, 0.05) is 36.2 Å². The first-order chi connectivity index (χ1) is 12.1. The number of nitriles is 1. The Kier molecular flexibility index (Phi) is 4.44. The van der Waals surface area contributed by atoms with E-state index in [0.717, 1.165) is 27.9 Å². The number of aromatic nitrogens is 1. The third-order valence-corrected chi connectivity index (χ3v) is 4.16. The molecule has 25 heavy (non-hydrogen) atoms. The van der Waals surface area contributed by atoms with Crippen LogP contribution in [-0.4, -0.2) is 17.6 Å². The van der Waals surface area contributed by atoms with Crippen molar-refractivity contribution in [2.45, 2.75) is 20.4 Å². The van der Waals surface area contributed by atoms with Crippen LogP contribution >= 0.6 is 0 Å². The Hall–Kier alpha value is -3.26. The average molecular weight is 333 g/mol. The highest BCUT2D eigenvalue weighted by atomic mass is 16.5. The fraction of sp³-hybridized carbons (Fsp3) is 0.200. The number of methoxy groups -OCH3 is 1. The summed E-state index contributed by atoms with van der Waals surface area (Å²) in [6.45, 7) is 4.23. The molecule has 0 saturated carbocycles. The average Bonchev–Trinajstić information content (AvgIpc) is 2.93. The molecule has 0 spiro atoms. The lowest BCUT2D eigenvalue weighted by Crippen LogP contribution is -2.06. The van der Waals surface area contributed by atoms with Crippen molar-refractivity contribution in [3.8, 4) is 23.1 Å². The number of amides is 1. The molecule has 3 rings (SSSR count). The first kappa shape index (κ1) is 16.6. The first-order valence-electron chi connectivity index (χ1n) is 8.07. The van der Waals surface area contributed by atoms with Gasteiger partial charge in [-0.25, -0.2) is 0 Å². The van der Waals surface area contributed by atoms with Gasteiger partial charge >= 0.3 is 0 Å². The molecule has 0 unspecified atom stereocenters. The summed E-state index contributed by atoms with van der Waals surface area (Å²) >= 11 is 0. The van der Waals surface area contributed by atoms with Gasteiger partial charge < -0.3 is 14.6 Å². The molecule has 0 fully saturated rings. The van der Waals surface area contributed by atoms with E-state index in [0.29, 0.717) is 17.8 Å². The zero-order valence-electron chi connectivity index (χ0n) is 14.5. The molecule has 0 aliphatic heterocycles. The van der Waals surface area contributed by atoms with Crippen LogP contribution in [0.15, 0.2) is 42.5 Å². The number of hydrogen-bond acceptors (Lipinski definition) is 3. The van der Waals surface area contributed by atoms with Gasteiger partial charge in [0.2, 0.25) is 5.91 Å². The van der Waals surface area contributed by atoms with Crippen LogP contribution in [0.5, 0.6) is 5.75 Å². The molecule has 1 amide bonds. The fourth-order valence-electron chi connectivity index (χ4n) is 3.15. The van der Waals surface area contributed by atoms with Crippen molar-refractivity contribution in [2.24, 2.45) is 0 Å². The van der Waals surface area contributed by atoms with E-state index in [1.54, 1.807) is 7.11 Å². The van der Waals surface area contributed by atoms with Crippen LogP contribution in [0.3, 0.4) is 0 Å². The van der Waals surface area contributed by atoms with Crippen LogP contribution in [0.2, 0.25) is 0 Å². The van der Waals surface area contributed by atoms with Gasteiger partial charge in [-0.1, -0.05) is 12.1 Å². The smallest absolute Gasteiger partial charge is 0.221 e. The summed E-state index contributed by atoms with van der Waals surface area (Å²) in [5, 5.41) is 13.4. The SMILES string of the molecule is CCn1c(-c2cccc(NC(C)=O)c2)c(C#N)c2ccc(OC)cc21. The molecule has 0 aliphatic carbocycles. The van der Waals surface area contributed by atoms with Gasteiger partial charge in [-0.2, -0.15) is 5.26 Å². The zero-order valence-corrected chi connectivity index (χ0v) is 14.5. The van der Waals surface area contributed by atoms with Gasteiger partial charge in [0.1, 0.15) is 11.8 Å². The van der Waals surface area contributed by atoms with Crippen LogP contribution in [0, 0.1) is 11.3 Å². The number of carbonyl (C=O) groups is 1. The molecule has 0 atom stereocenters. The zero-order chi connectivity index (χ0) is 18.0. The van der Waals surface area contributed by atoms with Crippen molar-refractivity contribution in [1.82, 2.24) is 4.57 Å². The molecule has 5 nitrogen and oxygen atoms in total. The second kappa shape index (κ2) is 6.70. The summed E-state index contributed by atoms with van der Waals surface area (Å²) < 4.78 is 7.43. The van der Waals surface area contributed by atoms with Crippen LogP contribution in [-0.2, 0) is 11.3 Å². The molecule has 1 aromatic heterocycles. The van der Waals surface area contributed by atoms with E-state index in [2.05, 4.69) is 16.0 Å². The van der Waals surface area contributed by atoms with Crippen LogP contribution in [0.1, 0.15) is 19.4 Å². The highest BCUT2D eigenvalue weighted by Gasteiger charge is 2.18. The maximum absolute atomic E-state index is 11.3. The fourth-order valence-corrected chi connectivity index (χ4v) is 3.15. The Balaban J connectivity index is 2.28. The van der Waals surface area contributed by atoms with Gasteiger partial charge in [0.05, 0.1) is 23.9 Å². The first-order valence-corrected chi connectivity index (χ1v) is 8.07. The minimum Gasteiger partial charge on any atom is -0.497 e. The van der Waals surface area contributed by atoms with E-state index < -0.39 is 0 Å². The van der Waals surface area contributed by atoms with Crippen LogP contribution in [0.4, 0.5) is 5.69 Å². The number of benzene rings is 2. The molecule has 1 N–H and O–H groups in total. The highest BCUT2D eigenvalue weighted by Crippen LogP contribution is 2.36. The summed E-state index contributed by atoms with van der Waals surface area (Å²) in [4.78, 5) is 11.3. The molecule has 3 aromatic rings. The lowest BCUT2D eigenvalue weighted by Gasteiger charge is -2.11. The second-order valence-corrected chi connectivity index (χ2v) is 5.72. The molecule has 0 radical (unpaired) electrons. The van der Waals surface area contributed by atoms with E-state index >= 15 is 0 Å². The summed E-state index contributed by atoms with van der Waals surface area (Å²) in [6, 6.07) is 15.6. The Bertz CT molecular complexity index is 996. The molecule has 0 bridgehead atoms. The van der Waals surface area contributed by atoms with Crippen molar-refractivity contribution in [3.63, 3.8) is 0 Å². The normalized spacial score (nSPS) is 10.5. The van der Waals surface area contributed by atoms with Crippen molar-refractivity contribution in [1.29, 1.82) is 5.26 Å². The Morgan fingerprint density at radius 1 is 1.28 bits per heavy atom. The number of nitrogens with one attached hydrogen (secondary N) is 1. The monoisotopic (exact) mass is 333 g/mol. The third kappa shape index (κ3) is 2.94. The molecule has 126 valence electrons. The lowest BCUT2D eigenvalue weighted by atomic mass is 10.1. The molecule has 5 heteroatoms. The van der Waals surface area contributed by atoms with E-state index in [4.69, 9.17) is 4.74 Å². The molecule has 0 saturated heterocycles. The number of anilines is 1. The van der Waals surface area contributed by atoms with Crippen molar-refractivity contribution in [2.75, 3.05) is 12.4 Å². The lowest BCUT2D eigenvalue weighted by molar-refractivity contribution is -0.114. The number of nitrogens with zero attached hydrogens (tertiary/aromatic N) is 2. The maximum Gasteiger partial charge on any atom is 0.221 e. The molecule has 1 heterocycles. The topological polar surface area (TPSA) is 67.0 Å². The summed E-state index contributed by atoms with van der Waals surface area (Å²) in [5.41, 5.74) is 4.03. The van der Waals surface area contributed by atoms with Gasteiger partial charge in [-0.15, -0.1) is 0 Å². The molecule has 0 aliphatic rings. The molecular weight excluding hydrogens is 314 g/mol. The highest BCUT2D eigenvalue weighted by molar-refractivity contribution is 5.96. The van der Waals surface area contributed by atoms with E-state index in [-0.39, 0.29) is 5.91 Å². The van der Waals surface area contributed by atoms with E-state index in [1.807, 2.05) is 49.4 Å². The number of hydrogen-bond donors (Lipinski definition) is 1. The van der Waals surface area contributed by atoms with E-state index in [1.165, 1.54) is 6.92 Å². The Morgan fingerprint density at radius 2 is 2.08 bits per heavy atom. The number of ether oxygens (including phenoxy) is 1. The van der Waals surface area contributed by atoms with Gasteiger partial charge in [0.25, 0.3) is 0 Å². The largest absolute Gasteiger partial charge is 0.497 e. The Labute approximate surface area is 146 Å². The number of carbonyl (C=O) groups excluding carboxylic acids is 1. The van der Waals surface area contributed by atoms with Crippen LogP contribution in [0.25, 0.3) is 22.2 Å². The van der Waals surface area contributed by atoms with Crippen molar-refractivity contribution < 1.29 is 9.53 Å². The predicted octanol–water partition coefficient (Wildman–Crippen LogP) is 4.17.